The molecule has 1 N–H and O–H groups in total. The van der Waals surface area contributed by atoms with Gasteiger partial charge in [-0.1, -0.05) is 54.6 Å². The lowest BCUT2D eigenvalue weighted by Gasteiger charge is -2.15. The van der Waals surface area contributed by atoms with Crippen LogP contribution in [-0.2, 0) is 6.42 Å². The summed E-state index contributed by atoms with van der Waals surface area (Å²) in [5, 5.41) is 3.07. The Hall–Kier alpha value is -4.25. The average Bonchev–Trinajstić information content (AvgIpc) is 3.31. The first-order chi connectivity index (χ1) is 16.1. The maximum atomic E-state index is 14.0. The van der Waals surface area contributed by atoms with Gasteiger partial charge >= 0.3 is 0 Å². The molecule has 2 heterocycles. The lowest BCUT2D eigenvalue weighted by atomic mass is 9.97. The van der Waals surface area contributed by atoms with Crippen LogP contribution in [0.5, 0.6) is 0 Å². The number of amides is 2. The van der Waals surface area contributed by atoms with Gasteiger partial charge in [-0.15, -0.1) is 0 Å². The average molecular weight is 434 g/mol. The number of nitrogens with one attached hydrogen (secondary N) is 1. The molecule has 0 fully saturated rings. The standard InChI is InChI=1S/C28H19FN2O2/c29-18-12-13-20-22(14-15-31-27(32)23-9-3-4-10-24(23)28(31)33)26(30-25(20)16-18)21-11-5-7-17-6-1-2-8-19(17)21/h1-13,16,30H,14-15H2. The minimum atomic E-state index is -0.319. The highest BCUT2D eigenvalue weighted by molar-refractivity contribution is 6.21. The fourth-order valence-electron chi connectivity index (χ4n) is 4.83. The smallest absolute Gasteiger partial charge is 0.261 e. The third kappa shape index (κ3) is 3.04. The maximum absolute atomic E-state index is 14.0. The molecular formula is C28H19FN2O2. The summed E-state index contributed by atoms with van der Waals surface area (Å²) in [7, 11) is 0. The van der Waals surface area contributed by atoms with E-state index in [9.17, 15) is 14.0 Å². The van der Waals surface area contributed by atoms with Crippen LogP contribution in [0.4, 0.5) is 4.39 Å². The molecule has 0 spiro atoms. The predicted octanol–water partition coefficient (Wildman–Crippen LogP) is 5.97. The Morgan fingerprint density at radius 1 is 0.727 bits per heavy atom. The topological polar surface area (TPSA) is 53.2 Å². The second-order valence-electron chi connectivity index (χ2n) is 8.25. The summed E-state index contributed by atoms with van der Waals surface area (Å²) < 4.78 is 14.0. The van der Waals surface area contributed by atoms with Crippen LogP contribution in [0, 0.1) is 5.82 Å². The molecule has 0 unspecified atom stereocenters. The molecule has 0 bridgehead atoms. The van der Waals surface area contributed by atoms with E-state index in [4.69, 9.17) is 0 Å². The molecule has 5 aromatic rings. The van der Waals surface area contributed by atoms with Crippen LogP contribution in [0.15, 0.2) is 84.9 Å². The third-order valence-electron chi connectivity index (χ3n) is 6.39. The van der Waals surface area contributed by atoms with E-state index >= 15 is 0 Å². The summed E-state index contributed by atoms with van der Waals surface area (Å²) in [6.07, 6.45) is 0.454. The molecule has 5 heteroatoms. The van der Waals surface area contributed by atoms with E-state index < -0.39 is 0 Å². The van der Waals surface area contributed by atoms with Gasteiger partial charge in [-0.3, -0.25) is 14.5 Å². The number of imide groups is 1. The summed E-state index contributed by atoms with van der Waals surface area (Å²) in [4.78, 5) is 30.4. The van der Waals surface area contributed by atoms with Gasteiger partial charge in [0.05, 0.1) is 16.8 Å². The van der Waals surface area contributed by atoms with Gasteiger partial charge in [-0.05, 0) is 53.1 Å². The lowest BCUT2D eigenvalue weighted by Crippen LogP contribution is -2.31. The maximum Gasteiger partial charge on any atom is 0.261 e. The van der Waals surface area contributed by atoms with E-state index in [1.54, 1.807) is 30.3 Å². The molecule has 6 rings (SSSR count). The Bertz CT molecular complexity index is 1540. The quantitative estimate of drug-likeness (QED) is 0.355. The monoisotopic (exact) mass is 434 g/mol. The van der Waals surface area contributed by atoms with Crippen LogP contribution in [0.25, 0.3) is 32.9 Å². The lowest BCUT2D eigenvalue weighted by molar-refractivity contribution is 0.0656. The van der Waals surface area contributed by atoms with Crippen LogP contribution in [0.3, 0.4) is 0 Å². The summed E-state index contributed by atoms with van der Waals surface area (Å²) >= 11 is 0. The second kappa shape index (κ2) is 7.41. The van der Waals surface area contributed by atoms with E-state index in [2.05, 4.69) is 23.2 Å². The van der Waals surface area contributed by atoms with Crippen molar-refractivity contribution in [3.63, 3.8) is 0 Å². The number of rotatable bonds is 4. The molecule has 4 nitrogen and oxygen atoms in total. The number of fused-ring (bicyclic) bond motifs is 3. The van der Waals surface area contributed by atoms with Crippen molar-refractivity contribution in [2.75, 3.05) is 6.54 Å². The Kier molecular flexibility index (Phi) is 4.37. The second-order valence-corrected chi connectivity index (χ2v) is 8.25. The number of aromatic amines is 1. The van der Waals surface area contributed by atoms with Crippen molar-refractivity contribution in [1.29, 1.82) is 0 Å². The molecule has 0 atom stereocenters. The minimum Gasteiger partial charge on any atom is -0.354 e. The van der Waals surface area contributed by atoms with Crippen LogP contribution in [-0.4, -0.2) is 28.2 Å². The number of hydrogen-bond acceptors (Lipinski definition) is 2. The summed E-state index contributed by atoms with van der Waals surface area (Å²) in [5.74, 6) is -0.860. The van der Waals surface area contributed by atoms with Crippen molar-refractivity contribution in [3.8, 4) is 11.3 Å². The van der Waals surface area contributed by atoms with Crippen LogP contribution in [0.2, 0.25) is 0 Å². The van der Waals surface area contributed by atoms with Gasteiger partial charge in [0, 0.05) is 23.0 Å². The number of hydrogen-bond donors (Lipinski definition) is 1. The van der Waals surface area contributed by atoms with E-state index in [-0.39, 0.29) is 24.2 Å². The molecule has 1 aliphatic heterocycles. The van der Waals surface area contributed by atoms with Gasteiger partial charge < -0.3 is 4.98 Å². The summed E-state index contributed by atoms with van der Waals surface area (Å²) in [5.41, 5.74) is 4.41. The van der Waals surface area contributed by atoms with Crippen molar-refractivity contribution in [3.05, 3.63) is 107 Å². The Labute approximate surface area is 189 Å². The van der Waals surface area contributed by atoms with Gasteiger partial charge in [0.2, 0.25) is 0 Å². The van der Waals surface area contributed by atoms with Crippen LogP contribution >= 0.6 is 0 Å². The summed E-state index contributed by atoms with van der Waals surface area (Å²) in [6, 6.07) is 25.8. The van der Waals surface area contributed by atoms with Crippen molar-refractivity contribution < 1.29 is 14.0 Å². The van der Waals surface area contributed by atoms with E-state index in [1.807, 2.05) is 24.3 Å². The fraction of sp³-hybridized carbons (Fsp3) is 0.0714. The highest BCUT2D eigenvalue weighted by atomic mass is 19.1. The zero-order valence-electron chi connectivity index (χ0n) is 17.6. The molecule has 0 saturated carbocycles. The van der Waals surface area contributed by atoms with Gasteiger partial charge in [-0.25, -0.2) is 4.39 Å². The van der Waals surface area contributed by atoms with Gasteiger partial charge in [0.25, 0.3) is 11.8 Å². The van der Waals surface area contributed by atoms with Crippen LogP contribution in [0.1, 0.15) is 26.3 Å². The minimum absolute atomic E-state index is 0.244. The van der Waals surface area contributed by atoms with E-state index in [0.29, 0.717) is 23.1 Å². The van der Waals surface area contributed by atoms with Crippen molar-refractivity contribution in [1.82, 2.24) is 9.88 Å². The number of benzene rings is 4. The molecule has 0 aliphatic carbocycles. The first kappa shape index (κ1) is 19.4. The van der Waals surface area contributed by atoms with Gasteiger partial charge in [0.15, 0.2) is 0 Å². The Morgan fingerprint density at radius 2 is 1.39 bits per heavy atom. The number of nitrogens with zero attached hydrogens (tertiary/aromatic N) is 1. The number of halogens is 1. The first-order valence-electron chi connectivity index (χ1n) is 10.9. The fourth-order valence-corrected chi connectivity index (χ4v) is 4.83. The molecule has 33 heavy (non-hydrogen) atoms. The SMILES string of the molecule is O=C1c2ccccc2C(=O)N1CCc1c(-c2cccc3ccccc23)[nH]c2cc(F)ccc12. The molecule has 160 valence electrons. The predicted molar refractivity (Wildman–Crippen MR) is 127 cm³/mol. The van der Waals surface area contributed by atoms with Crippen molar-refractivity contribution in [2.24, 2.45) is 0 Å². The molecule has 1 aliphatic rings. The molecule has 0 radical (unpaired) electrons. The Balaban J connectivity index is 1.45. The van der Waals surface area contributed by atoms with E-state index in [0.717, 1.165) is 33.0 Å². The largest absolute Gasteiger partial charge is 0.354 e. The van der Waals surface area contributed by atoms with Gasteiger partial charge in [-0.2, -0.15) is 0 Å². The molecule has 2 amide bonds. The number of carbonyl (C=O) groups excluding carboxylic acids is 2. The van der Waals surface area contributed by atoms with Gasteiger partial charge in [0.1, 0.15) is 5.82 Å². The Morgan fingerprint density at radius 3 is 2.18 bits per heavy atom. The molecule has 4 aromatic carbocycles. The number of H-pyrrole nitrogens is 1. The number of carbonyl (C=O) groups is 2. The van der Waals surface area contributed by atoms with Crippen molar-refractivity contribution in [2.45, 2.75) is 6.42 Å². The molecule has 1 aromatic heterocycles. The molecular weight excluding hydrogens is 415 g/mol. The van der Waals surface area contributed by atoms with Crippen molar-refractivity contribution >= 4 is 33.5 Å². The zero-order chi connectivity index (χ0) is 22.5. The third-order valence-corrected chi connectivity index (χ3v) is 6.39. The van der Waals surface area contributed by atoms with E-state index in [1.165, 1.54) is 17.0 Å². The molecule has 0 saturated heterocycles. The highest BCUT2D eigenvalue weighted by Gasteiger charge is 2.35. The number of aromatic nitrogens is 1. The first-order valence-corrected chi connectivity index (χ1v) is 10.9. The summed E-state index contributed by atoms with van der Waals surface area (Å²) in [6.45, 7) is 0.244. The van der Waals surface area contributed by atoms with Crippen LogP contribution < -0.4 is 0 Å². The highest BCUT2D eigenvalue weighted by Crippen LogP contribution is 2.36. The zero-order valence-corrected chi connectivity index (χ0v) is 17.6. The normalized spacial score (nSPS) is 13.3.